The quantitative estimate of drug-likeness (QED) is 0.151. The predicted molar refractivity (Wildman–Crippen MR) is 297 cm³/mol. The Kier molecular flexibility index (Phi) is 8.82. The van der Waals surface area contributed by atoms with Crippen LogP contribution in [0.1, 0.15) is 212 Å². The number of fused-ring (bicyclic) bond motifs is 11. The average molecular weight is 917 g/mol. The van der Waals surface area contributed by atoms with Crippen molar-refractivity contribution in [3.8, 4) is 0 Å². The summed E-state index contributed by atoms with van der Waals surface area (Å²) in [5.74, 6) is 0. The van der Waals surface area contributed by atoms with E-state index < -0.39 is 0 Å². The molecule has 0 radical (unpaired) electrons. The van der Waals surface area contributed by atoms with Crippen LogP contribution < -0.4 is 26.2 Å². The second-order valence-electron chi connectivity index (χ2n) is 28.3. The van der Waals surface area contributed by atoms with Gasteiger partial charge in [-0.2, -0.15) is 0 Å². The van der Waals surface area contributed by atoms with Crippen molar-refractivity contribution in [2.75, 3.05) is 9.80 Å². The summed E-state index contributed by atoms with van der Waals surface area (Å²) in [7, 11) is 0. The van der Waals surface area contributed by atoms with Gasteiger partial charge in [0.1, 0.15) is 0 Å². The molecule has 0 bridgehead atoms. The van der Waals surface area contributed by atoms with Crippen LogP contribution in [0.5, 0.6) is 0 Å². The van der Waals surface area contributed by atoms with Crippen LogP contribution in [0, 0.1) is 6.92 Å². The summed E-state index contributed by atoms with van der Waals surface area (Å²) in [5.41, 5.74) is 26.8. The van der Waals surface area contributed by atoms with Crippen molar-refractivity contribution in [3.63, 3.8) is 0 Å². The molecule has 5 aromatic carbocycles. The lowest BCUT2D eigenvalue weighted by Gasteiger charge is -2.55. The topological polar surface area (TPSA) is 6.48 Å². The van der Waals surface area contributed by atoms with E-state index in [2.05, 4.69) is 212 Å². The van der Waals surface area contributed by atoms with E-state index in [-0.39, 0.29) is 50.0 Å². The normalized spacial score (nSPS) is 22.8. The predicted octanol–water partition coefficient (Wildman–Crippen LogP) is 16.3. The molecule has 0 saturated carbocycles. The molecule has 4 heteroatoms. The molecule has 1 unspecified atom stereocenters. The number of rotatable bonds is 1. The molecule has 0 amide bonds. The van der Waals surface area contributed by atoms with Crippen molar-refractivity contribution >= 4 is 78.0 Å². The Morgan fingerprint density at radius 2 is 1.00 bits per heavy atom. The first-order valence-corrected chi connectivity index (χ1v) is 27.2. The van der Waals surface area contributed by atoms with E-state index in [4.69, 9.17) is 0 Å². The van der Waals surface area contributed by atoms with Crippen molar-refractivity contribution < 1.29 is 0 Å². The highest BCUT2D eigenvalue weighted by atomic mass is 32.1. The number of hydrogen-bond acceptors (Lipinski definition) is 3. The molecule has 1 atom stereocenters. The summed E-state index contributed by atoms with van der Waals surface area (Å²) in [4.78, 5) is 5.61. The van der Waals surface area contributed by atoms with Crippen LogP contribution in [0.25, 0.3) is 10.1 Å². The summed E-state index contributed by atoms with van der Waals surface area (Å²) in [6.45, 7) is 44.5. The van der Waals surface area contributed by atoms with Crippen molar-refractivity contribution in [2.45, 2.75) is 206 Å². The Labute approximate surface area is 414 Å². The summed E-state index contributed by atoms with van der Waals surface area (Å²) in [6.07, 6.45) is 7.17. The number of anilines is 6. The second kappa shape index (κ2) is 13.4. The molecule has 6 aromatic rings. The van der Waals surface area contributed by atoms with Gasteiger partial charge in [0.25, 0.3) is 6.71 Å². The maximum absolute atomic E-state index is 2.86. The van der Waals surface area contributed by atoms with Gasteiger partial charge in [0, 0.05) is 32.9 Å². The van der Waals surface area contributed by atoms with Gasteiger partial charge in [0.15, 0.2) is 0 Å². The van der Waals surface area contributed by atoms with Gasteiger partial charge < -0.3 is 9.80 Å². The van der Waals surface area contributed by atoms with Crippen LogP contribution in [-0.2, 0) is 43.3 Å². The van der Waals surface area contributed by atoms with E-state index in [1.807, 2.05) is 0 Å². The van der Waals surface area contributed by atoms with E-state index in [1.54, 1.807) is 33.4 Å². The monoisotopic (exact) mass is 917 g/mol. The van der Waals surface area contributed by atoms with Crippen molar-refractivity contribution in [1.29, 1.82) is 0 Å². The fourth-order valence-electron chi connectivity index (χ4n) is 14.4. The molecular formula is C64H77BN2S. The number of hydrogen-bond donors (Lipinski definition) is 0. The minimum absolute atomic E-state index is 0.0551. The molecular weight excluding hydrogens is 840 g/mol. The third kappa shape index (κ3) is 5.88. The minimum Gasteiger partial charge on any atom is -0.311 e. The van der Waals surface area contributed by atoms with Crippen LogP contribution in [0.2, 0.25) is 0 Å². The van der Waals surface area contributed by atoms with Gasteiger partial charge in [0.05, 0.1) is 10.7 Å². The number of aryl methyl sites for hydroxylation is 1. The highest BCUT2D eigenvalue weighted by Gasteiger charge is 2.55. The van der Waals surface area contributed by atoms with Crippen LogP contribution in [0.15, 0.2) is 66.7 Å². The van der Waals surface area contributed by atoms with Crippen LogP contribution >= 0.6 is 11.3 Å². The smallest absolute Gasteiger partial charge is 0.254 e. The van der Waals surface area contributed by atoms with E-state index in [0.29, 0.717) is 0 Å². The van der Waals surface area contributed by atoms with Crippen LogP contribution in [0.3, 0.4) is 0 Å². The summed E-state index contributed by atoms with van der Waals surface area (Å²) in [6, 6.07) is 28.7. The molecule has 3 aliphatic heterocycles. The Bertz CT molecular complexity index is 3230. The van der Waals surface area contributed by atoms with Gasteiger partial charge in [-0.15, -0.1) is 11.3 Å². The lowest BCUT2D eigenvalue weighted by molar-refractivity contribution is 0.327. The molecule has 0 spiro atoms. The largest absolute Gasteiger partial charge is 0.311 e. The molecule has 3 aliphatic carbocycles. The highest BCUT2D eigenvalue weighted by molar-refractivity contribution is 7.26. The van der Waals surface area contributed by atoms with Crippen molar-refractivity contribution in [1.82, 2.24) is 0 Å². The molecule has 4 heterocycles. The minimum atomic E-state index is -0.114. The Morgan fingerprint density at radius 1 is 0.471 bits per heavy atom. The molecule has 6 aliphatic rings. The summed E-state index contributed by atoms with van der Waals surface area (Å²) >= 11 is 2.05. The Balaban J connectivity index is 1.26. The van der Waals surface area contributed by atoms with Crippen LogP contribution in [-0.4, -0.2) is 6.71 Å². The Morgan fingerprint density at radius 3 is 1.59 bits per heavy atom. The van der Waals surface area contributed by atoms with E-state index in [0.717, 1.165) is 6.42 Å². The Hall–Kier alpha value is -4.28. The molecule has 0 saturated heterocycles. The maximum atomic E-state index is 2.86. The first-order chi connectivity index (χ1) is 31.5. The first kappa shape index (κ1) is 44.9. The van der Waals surface area contributed by atoms with Gasteiger partial charge in [-0.1, -0.05) is 148 Å². The standard InChI is InChI=1S/C64H77BN2S/c1-36-29-37(57(2,3)4)19-22-47(36)67-50-31-38(58(5,6)7)30-49-54(50)65(53-39-32-41-44(35-51(39)68-56(53)67)63(16,17)26-23-60(41,10)11)46-21-20-40-52-55(46)66(49)48-34-43-42(61(12,13)24-25-62(43,14)15)33-45(48)64(52,18)28-27-59(40,8)9/h19-22,29-35H,23-28H2,1-18H3. The molecule has 12 rings (SSSR count). The van der Waals surface area contributed by atoms with Crippen LogP contribution in [0.4, 0.5) is 33.4 Å². The average Bonchev–Trinajstić information content (AvgIpc) is 3.62. The summed E-state index contributed by atoms with van der Waals surface area (Å²) in [5, 5.41) is 2.86. The molecule has 1 aromatic heterocycles. The van der Waals surface area contributed by atoms with Gasteiger partial charge >= 0.3 is 0 Å². The highest BCUT2D eigenvalue weighted by Crippen LogP contribution is 2.63. The summed E-state index contributed by atoms with van der Waals surface area (Å²) < 4.78 is 1.43. The number of thiophene rings is 1. The van der Waals surface area contributed by atoms with Gasteiger partial charge in [-0.05, 0) is 197 Å². The van der Waals surface area contributed by atoms with Crippen molar-refractivity contribution in [3.05, 3.63) is 122 Å². The molecule has 352 valence electrons. The van der Waals surface area contributed by atoms with E-state index >= 15 is 0 Å². The first-order valence-electron chi connectivity index (χ1n) is 26.4. The fourth-order valence-corrected chi connectivity index (χ4v) is 15.7. The van der Waals surface area contributed by atoms with Crippen molar-refractivity contribution in [2.24, 2.45) is 0 Å². The van der Waals surface area contributed by atoms with E-state index in [9.17, 15) is 0 Å². The number of nitrogens with zero attached hydrogens (tertiary/aromatic N) is 2. The third-order valence-electron chi connectivity index (χ3n) is 19.3. The zero-order valence-corrected chi connectivity index (χ0v) is 45.8. The lowest BCUT2D eigenvalue weighted by Crippen LogP contribution is -2.62. The molecule has 68 heavy (non-hydrogen) atoms. The maximum Gasteiger partial charge on any atom is 0.254 e. The fraction of sp³-hybridized carbons (Fsp3) is 0.500. The van der Waals surface area contributed by atoms with E-state index in [1.165, 1.54) is 114 Å². The van der Waals surface area contributed by atoms with Gasteiger partial charge in [0.2, 0.25) is 0 Å². The lowest BCUT2D eigenvalue weighted by atomic mass is 9.32. The zero-order valence-electron chi connectivity index (χ0n) is 45.0. The third-order valence-corrected chi connectivity index (χ3v) is 20.5. The molecule has 2 nitrogen and oxygen atoms in total. The number of benzene rings is 5. The zero-order chi connectivity index (χ0) is 48.6. The second-order valence-corrected chi connectivity index (χ2v) is 29.4. The SMILES string of the molecule is Cc1cc(C(C)(C)C)ccc1N1c2cc(C(C)(C)C)cc3c2B(c2ccc4c5c2N3c2cc3c(cc2C5(C)CCC4(C)C)C(C)(C)CCC3(C)C)c2c1sc1cc3c(cc21)C(C)(C)CCC3(C)C. The molecule has 0 fully saturated rings. The van der Waals surface area contributed by atoms with Gasteiger partial charge in [-0.25, -0.2) is 0 Å². The molecule has 0 N–H and O–H groups in total. The van der Waals surface area contributed by atoms with Gasteiger partial charge in [-0.3, -0.25) is 0 Å².